The lowest BCUT2D eigenvalue weighted by Crippen LogP contribution is -2.15. The van der Waals surface area contributed by atoms with Crippen LogP contribution in [0.15, 0.2) is 65.8 Å². The van der Waals surface area contributed by atoms with Gasteiger partial charge < -0.3 is 4.74 Å². The molecule has 7 nitrogen and oxygen atoms in total. The van der Waals surface area contributed by atoms with Crippen molar-refractivity contribution in [1.82, 2.24) is 20.2 Å². The van der Waals surface area contributed by atoms with E-state index in [1.54, 1.807) is 19.5 Å². The summed E-state index contributed by atoms with van der Waals surface area (Å²) >= 11 is 0. The first-order valence-electron chi connectivity index (χ1n) is 9.31. The van der Waals surface area contributed by atoms with Crippen molar-refractivity contribution >= 4 is 0 Å². The topological polar surface area (TPSA) is 105 Å². The normalized spacial score (nSPS) is 10.5. The van der Waals surface area contributed by atoms with Gasteiger partial charge >= 0.3 is 0 Å². The second kappa shape index (κ2) is 8.55. The number of nitrogens with zero attached hydrogens (tertiary/aromatic N) is 4. The third-order valence-corrected chi connectivity index (χ3v) is 4.67. The SMILES string of the molecule is COc1cnc(-c2cccc(Cc3n[nH]cc(-c4cc(F)cc(C#N)c4)c3=O)c2)nc1. The molecule has 0 unspecified atom stereocenters. The molecule has 1 N–H and O–H groups in total. The largest absolute Gasteiger partial charge is 0.494 e. The summed E-state index contributed by atoms with van der Waals surface area (Å²) in [7, 11) is 1.54. The van der Waals surface area contributed by atoms with Crippen molar-refractivity contribution < 1.29 is 9.13 Å². The summed E-state index contributed by atoms with van der Waals surface area (Å²) in [5, 5.41) is 15.9. The average molecular weight is 413 g/mol. The van der Waals surface area contributed by atoms with Gasteiger partial charge in [0.15, 0.2) is 11.6 Å². The summed E-state index contributed by atoms with van der Waals surface area (Å²) in [6.07, 6.45) is 4.83. The second-order valence-electron chi connectivity index (χ2n) is 6.74. The Morgan fingerprint density at radius 1 is 1.13 bits per heavy atom. The van der Waals surface area contributed by atoms with E-state index in [-0.39, 0.29) is 28.7 Å². The number of hydrogen-bond acceptors (Lipinski definition) is 6. The molecule has 4 aromatic rings. The summed E-state index contributed by atoms with van der Waals surface area (Å²) in [6.45, 7) is 0. The van der Waals surface area contributed by atoms with E-state index in [2.05, 4.69) is 20.2 Å². The van der Waals surface area contributed by atoms with Crippen molar-refractivity contribution in [2.24, 2.45) is 0 Å². The molecule has 0 radical (unpaired) electrons. The van der Waals surface area contributed by atoms with Crippen molar-refractivity contribution in [3.05, 3.63) is 93.9 Å². The molecule has 0 bridgehead atoms. The Hall–Kier alpha value is -4.38. The van der Waals surface area contributed by atoms with Gasteiger partial charge in [-0.15, -0.1) is 0 Å². The molecule has 0 aliphatic rings. The predicted octanol–water partition coefficient (Wildman–Crippen LogP) is 3.50. The van der Waals surface area contributed by atoms with Gasteiger partial charge in [-0.1, -0.05) is 18.2 Å². The van der Waals surface area contributed by atoms with Gasteiger partial charge in [0.25, 0.3) is 0 Å². The first-order valence-corrected chi connectivity index (χ1v) is 9.31. The number of hydrogen-bond donors (Lipinski definition) is 1. The Bertz CT molecular complexity index is 1340. The van der Waals surface area contributed by atoms with Crippen LogP contribution < -0.4 is 10.2 Å². The second-order valence-corrected chi connectivity index (χ2v) is 6.74. The minimum absolute atomic E-state index is 0.139. The first-order chi connectivity index (χ1) is 15.1. The zero-order valence-electron chi connectivity index (χ0n) is 16.5. The molecule has 2 aromatic carbocycles. The zero-order chi connectivity index (χ0) is 21.8. The Balaban J connectivity index is 1.66. The highest BCUT2D eigenvalue weighted by Crippen LogP contribution is 2.21. The highest BCUT2D eigenvalue weighted by atomic mass is 19.1. The summed E-state index contributed by atoms with van der Waals surface area (Å²) in [5.41, 5.74) is 2.27. The molecule has 0 saturated carbocycles. The number of benzene rings is 2. The maximum absolute atomic E-state index is 13.8. The smallest absolute Gasteiger partial charge is 0.211 e. The van der Waals surface area contributed by atoms with Crippen LogP contribution in [0.3, 0.4) is 0 Å². The lowest BCUT2D eigenvalue weighted by Gasteiger charge is -2.07. The van der Waals surface area contributed by atoms with Gasteiger partial charge in [-0.25, -0.2) is 14.4 Å². The van der Waals surface area contributed by atoms with Crippen LogP contribution in [0.4, 0.5) is 4.39 Å². The van der Waals surface area contributed by atoms with Gasteiger partial charge in [-0.3, -0.25) is 9.89 Å². The number of aromatic amines is 1. The van der Waals surface area contributed by atoms with Crippen molar-refractivity contribution in [3.63, 3.8) is 0 Å². The zero-order valence-corrected chi connectivity index (χ0v) is 16.5. The van der Waals surface area contributed by atoms with Crippen LogP contribution in [-0.4, -0.2) is 27.3 Å². The van der Waals surface area contributed by atoms with Crippen molar-refractivity contribution in [1.29, 1.82) is 5.26 Å². The summed E-state index contributed by atoms with van der Waals surface area (Å²) in [5.74, 6) is 0.505. The average Bonchev–Trinajstić information content (AvgIpc) is 2.80. The van der Waals surface area contributed by atoms with Crippen molar-refractivity contribution in [2.45, 2.75) is 6.42 Å². The molecule has 0 aliphatic carbocycles. The molecule has 0 amide bonds. The Kier molecular flexibility index (Phi) is 5.49. The van der Waals surface area contributed by atoms with E-state index >= 15 is 0 Å². The molecule has 0 atom stereocenters. The Morgan fingerprint density at radius 2 is 1.94 bits per heavy atom. The van der Waals surface area contributed by atoms with Gasteiger partial charge in [0.2, 0.25) is 5.43 Å². The molecular formula is C23H16FN5O2. The van der Waals surface area contributed by atoms with E-state index in [1.807, 2.05) is 30.3 Å². The van der Waals surface area contributed by atoms with Gasteiger partial charge in [-0.05, 0) is 35.4 Å². The maximum Gasteiger partial charge on any atom is 0.211 e. The van der Waals surface area contributed by atoms with Crippen molar-refractivity contribution in [2.75, 3.05) is 7.11 Å². The van der Waals surface area contributed by atoms with Gasteiger partial charge in [0.1, 0.15) is 11.5 Å². The fourth-order valence-electron chi connectivity index (χ4n) is 3.17. The summed E-state index contributed by atoms with van der Waals surface area (Å²) in [6, 6.07) is 13.2. The molecule has 2 aromatic heterocycles. The van der Waals surface area contributed by atoms with Gasteiger partial charge in [0, 0.05) is 23.7 Å². The molecule has 8 heteroatoms. The molecule has 31 heavy (non-hydrogen) atoms. The number of aromatic nitrogens is 4. The lowest BCUT2D eigenvalue weighted by atomic mass is 10.0. The minimum atomic E-state index is -0.584. The quantitative estimate of drug-likeness (QED) is 0.537. The molecule has 0 aliphatic heterocycles. The molecule has 0 saturated heterocycles. The molecular weight excluding hydrogens is 397 g/mol. The third kappa shape index (κ3) is 4.31. The maximum atomic E-state index is 13.8. The number of nitriles is 1. The van der Waals surface area contributed by atoms with Crippen LogP contribution in [0, 0.1) is 17.1 Å². The first kappa shape index (κ1) is 19.9. The fourth-order valence-corrected chi connectivity index (χ4v) is 3.17. The predicted molar refractivity (Wildman–Crippen MR) is 112 cm³/mol. The van der Waals surface area contributed by atoms with E-state index in [0.29, 0.717) is 17.1 Å². The monoisotopic (exact) mass is 413 g/mol. The molecule has 4 rings (SSSR count). The van der Waals surface area contributed by atoms with Gasteiger partial charge in [-0.2, -0.15) is 10.4 Å². The van der Waals surface area contributed by atoms with Crippen LogP contribution in [0.25, 0.3) is 22.5 Å². The van der Waals surface area contributed by atoms with Crippen LogP contribution in [0.1, 0.15) is 16.8 Å². The third-order valence-electron chi connectivity index (χ3n) is 4.67. The van der Waals surface area contributed by atoms with Crippen LogP contribution in [0.2, 0.25) is 0 Å². The van der Waals surface area contributed by atoms with E-state index in [0.717, 1.165) is 17.2 Å². The molecule has 0 spiro atoms. The number of methoxy groups -OCH3 is 1. The minimum Gasteiger partial charge on any atom is -0.494 e. The van der Waals surface area contributed by atoms with Crippen LogP contribution in [0.5, 0.6) is 5.75 Å². The molecule has 0 fully saturated rings. The summed E-state index contributed by atoms with van der Waals surface area (Å²) in [4.78, 5) is 21.5. The molecule has 2 heterocycles. The van der Waals surface area contributed by atoms with Gasteiger partial charge in [0.05, 0.1) is 31.1 Å². The lowest BCUT2D eigenvalue weighted by molar-refractivity contribution is 0.411. The van der Waals surface area contributed by atoms with E-state index in [9.17, 15) is 9.18 Å². The van der Waals surface area contributed by atoms with Crippen LogP contribution in [-0.2, 0) is 6.42 Å². The van der Waals surface area contributed by atoms with E-state index in [4.69, 9.17) is 10.00 Å². The molecule has 152 valence electrons. The van der Waals surface area contributed by atoms with Crippen molar-refractivity contribution in [3.8, 4) is 34.3 Å². The Labute approximate surface area is 176 Å². The number of rotatable bonds is 5. The van der Waals surface area contributed by atoms with Crippen LogP contribution >= 0.6 is 0 Å². The highest BCUT2D eigenvalue weighted by molar-refractivity contribution is 5.65. The number of nitrogens with one attached hydrogen (secondary N) is 1. The Morgan fingerprint density at radius 3 is 2.68 bits per heavy atom. The van der Waals surface area contributed by atoms with E-state index < -0.39 is 5.82 Å². The standard InChI is InChI=1S/C23H16FN5O2/c1-31-19-11-26-23(27-12-19)16-4-2-3-14(5-16)8-21-22(30)20(13-28-29-21)17-6-15(10-25)7-18(24)9-17/h2-7,9,11-13H,8H2,1H3,(H,28,30). The fraction of sp³-hybridized carbons (Fsp3) is 0.0870. The van der Waals surface area contributed by atoms with E-state index in [1.165, 1.54) is 18.3 Å². The summed E-state index contributed by atoms with van der Waals surface area (Å²) < 4.78 is 18.9. The highest BCUT2D eigenvalue weighted by Gasteiger charge is 2.13. The number of halogens is 1. The number of ether oxygens (including phenoxy) is 1. The number of H-pyrrole nitrogens is 1.